The monoisotopic (exact) mass is 288 g/mol. The van der Waals surface area contributed by atoms with Crippen molar-refractivity contribution in [2.45, 2.75) is 44.9 Å². The van der Waals surface area contributed by atoms with Crippen LogP contribution in [0.5, 0.6) is 5.75 Å². The van der Waals surface area contributed by atoms with E-state index in [2.05, 4.69) is 4.90 Å². The first-order valence-corrected chi connectivity index (χ1v) is 8.47. The molecular formula is C18H28N2O. The van der Waals surface area contributed by atoms with Gasteiger partial charge in [0.25, 0.3) is 0 Å². The van der Waals surface area contributed by atoms with E-state index in [1.54, 1.807) is 0 Å². The molecule has 0 amide bonds. The smallest absolute Gasteiger partial charge is 0.121 e. The summed E-state index contributed by atoms with van der Waals surface area (Å²) >= 11 is 0. The molecule has 1 saturated carbocycles. The van der Waals surface area contributed by atoms with Crippen LogP contribution in [-0.4, -0.2) is 31.1 Å². The van der Waals surface area contributed by atoms with Gasteiger partial charge in [0.05, 0.1) is 6.61 Å². The van der Waals surface area contributed by atoms with Crippen molar-refractivity contribution in [3.8, 4) is 5.75 Å². The molecule has 1 aromatic carbocycles. The third-order valence-corrected chi connectivity index (χ3v) is 5.33. The number of likely N-dealkylation sites (tertiary alicyclic amines) is 1. The van der Waals surface area contributed by atoms with Crippen LogP contribution in [-0.2, 0) is 0 Å². The SMILES string of the molecule is Nc1cccc(OCCCN2CCC3(CCCC3)CC2)c1. The lowest BCUT2D eigenvalue weighted by Crippen LogP contribution is -2.39. The van der Waals surface area contributed by atoms with Crippen molar-refractivity contribution in [3.05, 3.63) is 24.3 Å². The fourth-order valence-corrected chi connectivity index (χ4v) is 3.96. The molecule has 2 fully saturated rings. The molecule has 1 spiro atoms. The number of anilines is 1. The number of hydrogen-bond donors (Lipinski definition) is 1. The third kappa shape index (κ3) is 3.91. The number of nitrogens with zero attached hydrogens (tertiary/aromatic N) is 1. The Hall–Kier alpha value is -1.22. The summed E-state index contributed by atoms with van der Waals surface area (Å²) in [6, 6.07) is 7.70. The van der Waals surface area contributed by atoms with Crippen LogP contribution in [0.3, 0.4) is 0 Å². The van der Waals surface area contributed by atoms with Crippen molar-refractivity contribution < 1.29 is 4.74 Å². The molecule has 3 nitrogen and oxygen atoms in total. The number of ether oxygens (including phenoxy) is 1. The van der Waals surface area contributed by atoms with Crippen molar-refractivity contribution in [1.82, 2.24) is 4.90 Å². The van der Waals surface area contributed by atoms with Gasteiger partial charge >= 0.3 is 0 Å². The average Bonchev–Trinajstić information content (AvgIpc) is 2.94. The molecule has 3 heteroatoms. The fourth-order valence-electron chi connectivity index (χ4n) is 3.96. The first-order valence-electron chi connectivity index (χ1n) is 8.47. The lowest BCUT2D eigenvalue weighted by Gasteiger charge is -2.39. The quantitative estimate of drug-likeness (QED) is 0.663. The minimum absolute atomic E-state index is 0.731. The van der Waals surface area contributed by atoms with Gasteiger partial charge in [-0.05, 0) is 62.7 Å². The number of nitrogens with two attached hydrogens (primary N) is 1. The fraction of sp³-hybridized carbons (Fsp3) is 0.667. The van der Waals surface area contributed by atoms with E-state index in [1.165, 1.54) is 58.2 Å². The maximum Gasteiger partial charge on any atom is 0.121 e. The lowest BCUT2D eigenvalue weighted by molar-refractivity contribution is 0.104. The van der Waals surface area contributed by atoms with Gasteiger partial charge in [0.2, 0.25) is 0 Å². The van der Waals surface area contributed by atoms with Crippen LogP contribution in [0.1, 0.15) is 44.9 Å². The number of rotatable bonds is 5. The Morgan fingerprint density at radius 3 is 2.57 bits per heavy atom. The molecule has 1 saturated heterocycles. The molecule has 0 unspecified atom stereocenters. The Morgan fingerprint density at radius 1 is 1.10 bits per heavy atom. The first kappa shape index (κ1) is 14.7. The molecule has 3 rings (SSSR count). The Kier molecular flexibility index (Phi) is 4.69. The van der Waals surface area contributed by atoms with E-state index >= 15 is 0 Å². The lowest BCUT2D eigenvalue weighted by atomic mass is 9.77. The van der Waals surface area contributed by atoms with Gasteiger partial charge < -0.3 is 15.4 Å². The molecule has 2 aliphatic rings. The Bertz CT molecular complexity index is 444. The van der Waals surface area contributed by atoms with Crippen LogP contribution in [0.25, 0.3) is 0 Å². The summed E-state index contributed by atoms with van der Waals surface area (Å²) in [6.45, 7) is 4.53. The predicted molar refractivity (Wildman–Crippen MR) is 87.5 cm³/mol. The van der Waals surface area contributed by atoms with Crippen LogP contribution >= 0.6 is 0 Å². The molecule has 116 valence electrons. The highest BCUT2D eigenvalue weighted by Crippen LogP contribution is 2.46. The minimum atomic E-state index is 0.731. The van der Waals surface area contributed by atoms with Gasteiger partial charge in [-0.3, -0.25) is 0 Å². The average molecular weight is 288 g/mol. The van der Waals surface area contributed by atoms with E-state index in [0.29, 0.717) is 0 Å². The van der Waals surface area contributed by atoms with E-state index in [1.807, 2.05) is 24.3 Å². The van der Waals surface area contributed by atoms with Gasteiger partial charge in [0.1, 0.15) is 5.75 Å². The summed E-state index contributed by atoms with van der Waals surface area (Å²) in [5.74, 6) is 0.888. The molecular weight excluding hydrogens is 260 g/mol. The summed E-state index contributed by atoms with van der Waals surface area (Å²) < 4.78 is 5.76. The zero-order valence-electron chi connectivity index (χ0n) is 13.0. The number of piperidine rings is 1. The van der Waals surface area contributed by atoms with Gasteiger partial charge in [-0.15, -0.1) is 0 Å². The minimum Gasteiger partial charge on any atom is -0.493 e. The highest BCUT2D eigenvalue weighted by Gasteiger charge is 2.36. The van der Waals surface area contributed by atoms with Crippen LogP contribution < -0.4 is 10.5 Å². The third-order valence-electron chi connectivity index (χ3n) is 5.33. The summed E-state index contributed by atoms with van der Waals surface area (Å²) in [5, 5.41) is 0. The van der Waals surface area contributed by atoms with Crippen molar-refractivity contribution in [1.29, 1.82) is 0 Å². The maximum atomic E-state index is 5.76. The van der Waals surface area contributed by atoms with Gasteiger partial charge in [-0.1, -0.05) is 18.9 Å². The molecule has 2 N–H and O–H groups in total. The number of hydrogen-bond acceptors (Lipinski definition) is 3. The second kappa shape index (κ2) is 6.69. The molecule has 0 aromatic heterocycles. The Balaban J connectivity index is 1.33. The zero-order valence-corrected chi connectivity index (χ0v) is 13.0. The molecule has 1 heterocycles. The maximum absolute atomic E-state index is 5.76. The van der Waals surface area contributed by atoms with E-state index < -0.39 is 0 Å². The van der Waals surface area contributed by atoms with E-state index in [4.69, 9.17) is 10.5 Å². The topological polar surface area (TPSA) is 38.5 Å². The molecule has 21 heavy (non-hydrogen) atoms. The zero-order chi connectivity index (χ0) is 14.5. The van der Waals surface area contributed by atoms with Crippen molar-refractivity contribution in [2.75, 3.05) is 32.0 Å². The van der Waals surface area contributed by atoms with Crippen LogP contribution in [0.2, 0.25) is 0 Å². The second-order valence-electron chi connectivity index (χ2n) is 6.82. The molecule has 1 aliphatic carbocycles. The molecule has 0 radical (unpaired) electrons. The Labute approximate surface area is 128 Å². The highest BCUT2D eigenvalue weighted by atomic mass is 16.5. The number of nitrogen functional groups attached to an aromatic ring is 1. The second-order valence-corrected chi connectivity index (χ2v) is 6.82. The van der Waals surface area contributed by atoms with E-state index in [-0.39, 0.29) is 0 Å². The molecule has 1 aromatic rings. The van der Waals surface area contributed by atoms with Gasteiger partial charge in [-0.2, -0.15) is 0 Å². The molecule has 0 bridgehead atoms. The van der Waals surface area contributed by atoms with Crippen LogP contribution in [0.4, 0.5) is 5.69 Å². The Morgan fingerprint density at radius 2 is 1.86 bits per heavy atom. The highest BCUT2D eigenvalue weighted by molar-refractivity contribution is 5.43. The summed E-state index contributed by atoms with van der Waals surface area (Å²) in [5.41, 5.74) is 7.25. The van der Waals surface area contributed by atoms with Crippen LogP contribution in [0.15, 0.2) is 24.3 Å². The van der Waals surface area contributed by atoms with Crippen molar-refractivity contribution >= 4 is 5.69 Å². The summed E-state index contributed by atoms with van der Waals surface area (Å²) in [7, 11) is 0. The van der Waals surface area contributed by atoms with Crippen molar-refractivity contribution in [3.63, 3.8) is 0 Å². The summed E-state index contributed by atoms with van der Waals surface area (Å²) in [4.78, 5) is 2.62. The van der Waals surface area contributed by atoms with Gasteiger partial charge in [-0.25, -0.2) is 0 Å². The normalized spacial score (nSPS) is 21.7. The molecule has 0 atom stereocenters. The van der Waals surface area contributed by atoms with E-state index in [9.17, 15) is 0 Å². The van der Waals surface area contributed by atoms with Crippen LogP contribution in [0, 0.1) is 5.41 Å². The predicted octanol–water partition coefficient (Wildman–Crippen LogP) is 3.69. The summed E-state index contributed by atoms with van der Waals surface area (Å²) in [6.07, 6.45) is 9.84. The van der Waals surface area contributed by atoms with Crippen molar-refractivity contribution in [2.24, 2.45) is 5.41 Å². The number of benzene rings is 1. The first-order chi connectivity index (χ1) is 10.3. The standard InChI is InChI=1S/C18H28N2O/c19-16-5-3-6-17(15-16)21-14-4-11-20-12-9-18(10-13-20)7-1-2-8-18/h3,5-6,15H,1-2,4,7-14,19H2. The van der Waals surface area contributed by atoms with Gasteiger partial charge in [0.15, 0.2) is 0 Å². The van der Waals surface area contributed by atoms with E-state index in [0.717, 1.165) is 29.9 Å². The molecule has 1 aliphatic heterocycles. The van der Waals surface area contributed by atoms with Gasteiger partial charge in [0, 0.05) is 18.3 Å². The largest absolute Gasteiger partial charge is 0.493 e.